The van der Waals surface area contributed by atoms with Gasteiger partial charge in [0.25, 0.3) is 0 Å². The summed E-state index contributed by atoms with van der Waals surface area (Å²) >= 11 is 0. The number of hydrogen-bond acceptors (Lipinski definition) is 5. The topological polar surface area (TPSA) is 56.1 Å². The molecule has 0 bridgehead atoms. The Morgan fingerprint density at radius 3 is 1.63 bits per heavy atom. The fraction of sp³-hybridized carbons (Fsp3) is 0.409. The van der Waals surface area contributed by atoms with Crippen LogP contribution in [0.15, 0.2) is 46.4 Å². The summed E-state index contributed by atoms with van der Waals surface area (Å²) in [7, 11) is 0. The molecule has 0 amide bonds. The van der Waals surface area contributed by atoms with Crippen molar-refractivity contribution in [2.75, 3.05) is 13.2 Å². The lowest BCUT2D eigenvalue weighted by atomic mass is 10.0. The summed E-state index contributed by atoms with van der Waals surface area (Å²) in [5.41, 5.74) is 4.34. The standard InChI is InChI=1S/C22H25N3O2/c1-14-6-8-15(9-7-14)16-10-17(19-24-21(2,3)12-26-19)23-18(11-16)20-25-22(4,5)13-27-20/h6-11H,12-13H2,1-5H3. The Bertz CT molecular complexity index is 888. The molecule has 5 heteroatoms. The van der Waals surface area contributed by atoms with Crippen molar-refractivity contribution < 1.29 is 9.47 Å². The first kappa shape index (κ1) is 17.7. The van der Waals surface area contributed by atoms with Crippen LogP contribution in [0, 0.1) is 6.92 Å². The minimum absolute atomic E-state index is 0.236. The molecule has 1 aromatic heterocycles. The number of aliphatic imine (C=N–C) groups is 2. The van der Waals surface area contributed by atoms with Gasteiger partial charge in [-0.15, -0.1) is 0 Å². The summed E-state index contributed by atoms with van der Waals surface area (Å²) in [6.07, 6.45) is 0. The molecule has 27 heavy (non-hydrogen) atoms. The normalized spacial score (nSPS) is 19.9. The van der Waals surface area contributed by atoms with Gasteiger partial charge in [-0.25, -0.2) is 15.0 Å². The zero-order chi connectivity index (χ0) is 19.2. The first-order valence-electron chi connectivity index (χ1n) is 9.26. The Kier molecular flexibility index (Phi) is 4.06. The van der Waals surface area contributed by atoms with Gasteiger partial charge in [-0.05, 0) is 57.9 Å². The summed E-state index contributed by atoms with van der Waals surface area (Å²) in [6.45, 7) is 11.4. The number of hydrogen-bond donors (Lipinski definition) is 0. The van der Waals surface area contributed by atoms with Crippen LogP contribution in [0.2, 0.25) is 0 Å². The lowest BCUT2D eigenvalue weighted by molar-refractivity contribution is 0.278. The lowest BCUT2D eigenvalue weighted by Gasteiger charge is -2.09. The van der Waals surface area contributed by atoms with Gasteiger partial charge in [0.2, 0.25) is 11.8 Å². The second-order valence-electron chi connectivity index (χ2n) is 8.53. The zero-order valence-corrected chi connectivity index (χ0v) is 16.5. The molecule has 0 aliphatic carbocycles. The van der Waals surface area contributed by atoms with E-state index in [0.29, 0.717) is 36.4 Å². The van der Waals surface area contributed by atoms with Crippen molar-refractivity contribution in [2.24, 2.45) is 9.98 Å². The zero-order valence-electron chi connectivity index (χ0n) is 16.5. The first-order chi connectivity index (χ1) is 12.7. The summed E-state index contributed by atoms with van der Waals surface area (Å²) in [4.78, 5) is 14.1. The van der Waals surface area contributed by atoms with E-state index in [1.807, 2.05) is 12.1 Å². The van der Waals surface area contributed by atoms with Crippen molar-refractivity contribution >= 4 is 11.8 Å². The van der Waals surface area contributed by atoms with Crippen molar-refractivity contribution in [2.45, 2.75) is 45.7 Å². The van der Waals surface area contributed by atoms with Crippen LogP contribution in [0.4, 0.5) is 0 Å². The molecule has 2 aliphatic rings. The Labute approximate surface area is 160 Å². The van der Waals surface area contributed by atoms with Crippen LogP contribution in [0.5, 0.6) is 0 Å². The Hall–Kier alpha value is -2.69. The molecule has 0 unspecified atom stereocenters. The SMILES string of the molecule is Cc1ccc(-c2cc(C3=NC(C)(C)CO3)nc(C3=NC(C)(C)CO3)c2)cc1. The molecule has 2 aliphatic heterocycles. The third-order valence-electron chi connectivity index (χ3n) is 4.58. The highest BCUT2D eigenvalue weighted by Gasteiger charge is 2.31. The summed E-state index contributed by atoms with van der Waals surface area (Å²) in [5.74, 6) is 1.15. The predicted molar refractivity (Wildman–Crippen MR) is 108 cm³/mol. The molecule has 3 heterocycles. The second-order valence-corrected chi connectivity index (χ2v) is 8.53. The quantitative estimate of drug-likeness (QED) is 0.822. The minimum Gasteiger partial charge on any atom is -0.474 e. The van der Waals surface area contributed by atoms with Gasteiger partial charge in [-0.1, -0.05) is 29.8 Å². The van der Waals surface area contributed by atoms with Gasteiger partial charge in [0.1, 0.15) is 24.6 Å². The molecule has 140 valence electrons. The highest BCUT2D eigenvalue weighted by atomic mass is 16.5. The first-order valence-corrected chi connectivity index (χ1v) is 9.26. The molecule has 0 spiro atoms. The number of ether oxygens (including phenoxy) is 2. The molecule has 0 radical (unpaired) electrons. The number of pyridine rings is 1. The molecule has 0 saturated carbocycles. The van der Waals surface area contributed by atoms with Crippen molar-refractivity contribution in [1.82, 2.24) is 4.98 Å². The molecule has 1 aromatic carbocycles. The van der Waals surface area contributed by atoms with Crippen LogP contribution in [-0.2, 0) is 9.47 Å². The molecule has 2 aromatic rings. The van der Waals surface area contributed by atoms with Crippen LogP contribution in [-0.4, -0.2) is 41.1 Å². The Morgan fingerprint density at radius 1 is 0.741 bits per heavy atom. The van der Waals surface area contributed by atoms with Crippen molar-refractivity contribution in [3.63, 3.8) is 0 Å². The highest BCUT2D eigenvalue weighted by molar-refractivity contribution is 5.99. The maximum Gasteiger partial charge on any atom is 0.236 e. The molecule has 0 fully saturated rings. The van der Waals surface area contributed by atoms with Crippen molar-refractivity contribution in [3.05, 3.63) is 53.3 Å². The monoisotopic (exact) mass is 363 g/mol. The van der Waals surface area contributed by atoms with Gasteiger partial charge in [-0.3, -0.25) is 0 Å². The van der Waals surface area contributed by atoms with Crippen molar-refractivity contribution in [1.29, 1.82) is 0 Å². The van der Waals surface area contributed by atoms with Gasteiger partial charge in [-0.2, -0.15) is 0 Å². The van der Waals surface area contributed by atoms with Crippen LogP contribution in [0.1, 0.15) is 44.6 Å². The van der Waals surface area contributed by atoms with E-state index in [1.54, 1.807) is 0 Å². The second kappa shape index (κ2) is 6.19. The van der Waals surface area contributed by atoms with Crippen LogP contribution in [0.3, 0.4) is 0 Å². The minimum atomic E-state index is -0.236. The Morgan fingerprint density at radius 2 is 1.22 bits per heavy atom. The van der Waals surface area contributed by atoms with E-state index >= 15 is 0 Å². The van der Waals surface area contributed by atoms with E-state index in [4.69, 9.17) is 14.5 Å². The summed E-state index contributed by atoms with van der Waals surface area (Å²) in [5, 5.41) is 0. The maximum absolute atomic E-state index is 5.83. The molecular formula is C22H25N3O2. The van der Waals surface area contributed by atoms with Gasteiger partial charge < -0.3 is 9.47 Å². The van der Waals surface area contributed by atoms with Crippen LogP contribution in [0.25, 0.3) is 11.1 Å². The van der Waals surface area contributed by atoms with Crippen molar-refractivity contribution in [3.8, 4) is 11.1 Å². The smallest absolute Gasteiger partial charge is 0.236 e. The molecule has 0 N–H and O–H groups in total. The molecule has 4 rings (SSSR count). The van der Waals surface area contributed by atoms with E-state index in [9.17, 15) is 0 Å². The summed E-state index contributed by atoms with van der Waals surface area (Å²) in [6, 6.07) is 12.5. The maximum atomic E-state index is 5.83. The highest BCUT2D eigenvalue weighted by Crippen LogP contribution is 2.27. The summed E-state index contributed by atoms with van der Waals surface area (Å²) < 4.78 is 11.7. The van der Waals surface area contributed by atoms with Gasteiger partial charge in [0.05, 0.1) is 11.1 Å². The molecule has 5 nitrogen and oxygen atoms in total. The fourth-order valence-electron chi connectivity index (χ4n) is 3.09. The molecule has 0 atom stereocenters. The van der Waals surface area contributed by atoms with Gasteiger partial charge >= 0.3 is 0 Å². The lowest BCUT2D eigenvalue weighted by Crippen LogP contribution is -2.17. The van der Waals surface area contributed by atoms with E-state index < -0.39 is 0 Å². The third-order valence-corrected chi connectivity index (χ3v) is 4.58. The van der Waals surface area contributed by atoms with E-state index in [2.05, 4.69) is 68.9 Å². The van der Waals surface area contributed by atoms with E-state index in [-0.39, 0.29) is 11.1 Å². The molecular weight excluding hydrogens is 338 g/mol. The van der Waals surface area contributed by atoms with Gasteiger partial charge in [0, 0.05) is 0 Å². The van der Waals surface area contributed by atoms with Crippen LogP contribution < -0.4 is 0 Å². The van der Waals surface area contributed by atoms with E-state index in [1.165, 1.54) is 5.56 Å². The number of nitrogens with zero attached hydrogens (tertiary/aromatic N) is 3. The van der Waals surface area contributed by atoms with Gasteiger partial charge in [0.15, 0.2) is 0 Å². The number of aryl methyl sites for hydroxylation is 1. The Balaban J connectivity index is 1.83. The third kappa shape index (κ3) is 3.72. The number of rotatable bonds is 3. The van der Waals surface area contributed by atoms with E-state index in [0.717, 1.165) is 11.1 Å². The average Bonchev–Trinajstić information content (AvgIpc) is 3.17. The number of aromatic nitrogens is 1. The predicted octanol–water partition coefficient (Wildman–Crippen LogP) is 4.17. The molecule has 0 saturated heterocycles. The largest absolute Gasteiger partial charge is 0.474 e. The fourth-order valence-corrected chi connectivity index (χ4v) is 3.09. The number of benzene rings is 1. The average molecular weight is 363 g/mol. The van der Waals surface area contributed by atoms with Crippen LogP contribution >= 0.6 is 0 Å².